The van der Waals surface area contributed by atoms with Crippen LogP contribution in [0, 0.1) is 0 Å². The van der Waals surface area contributed by atoms with Gasteiger partial charge in [-0.05, 0) is 41.5 Å². The minimum Gasteiger partial charge on any atom is -0.372 e. The van der Waals surface area contributed by atoms with Crippen molar-refractivity contribution in [3.8, 4) is 0 Å². The summed E-state index contributed by atoms with van der Waals surface area (Å²) in [4.78, 5) is 2.33. The highest BCUT2D eigenvalue weighted by Gasteiger charge is 2.26. The highest BCUT2D eigenvalue weighted by atomic mass is 16.5. The first-order valence-electron chi connectivity index (χ1n) is 8.32. The minimum absolute atomic E-state index is 0.170. The molecule has 1 aliphatic carbocycles. The summed E-state index contributed by atoms with van der Waals surface area (Å²) in [7, 11) is 2.17. The molecule has 0 bridgehead atoms. The fourth-order valence-corrected chi connectivity index (χ4v) is 3.40. The molecule has 0 aromatic heterocycles. The summed E-state index contributed by atoms with van der Waals surface area (Å²) in [5.41, 5.74) is 5.60. The number of fused-ring (bicyclic) bond motifs is 1. The normalized spacial score (nSPS) is 21.9. The summed E-state index contributed by atoms with van der Waals surface area (Å²) in [5, 5.41) is 0. The first-order valence-corrected chi connectivity index (χ1v) is 8.32. The third kappa shape index (κ3) is 2.76. The predicted octanol–water partition coefficient (Wildman–Crippen LogP) is 4.31. The van der Waals surface area contributed by atoms with Crippen LogP contribution in [-0.4, -0.2) is 20.2 Å². The molecule has 2 aliphatic rings. The van der Waals surface area contributed by atoms with Gasteiger partial charge < -0.3 is 9.64 Å². The zero-order valence-corrected chi connectivity index (χ0v) is 13.2. The lowest BCUT2D eigenvalue weighted by Gasteiger charge is -2.30. The van der Waals surface area contributed by atoms with Crippen LogP contribution in [0.3, 0.4) is 0 Å². The molecular formula is C20H23NO. The second-order valence-corrected chi connectivity index (χ2v) is 6.56. The van der Waals surface area contributed by atoms with Gasteiger partial charge in [0.15, 0.2) is 0 Å². The number of hydrogen-bond acceptors (Lipinski definition) is 2. The summed E-state index contributed by atoms with van der Waals surface area (Å²) in [5.74, 6) is 0.803. The summed E-state index contributed by atoms with van der Waals surface area (Å²) in [6.45, 7) is 1.72. The first kappa shape index (κ1) is 13.8. The molecule has 2 heteroatoms. The molecule has 2 aromatic carbocycles. The van der Waals surface area contributed by atoms with Crippen molar-refractivity contribution in [3.63, 3.8) is 0 Å². The van der Waals surface area contributed by atoms with E-state index in [1.54, 1.807) is 0 Å². The predicted molar refractivity (Wildman–Crippen MR) is 90.5 cm³/mol. The number of nitrogens with zero attached hydrogens (tertiary/aromatic N) is 1. The molecule has 0 amide bonds. The lowest BCUT2D eigenvalue weighted by atomic mass is 9.96. The van der Waals surface area contributed by atoms with Crippen molar-refractivity contribution in [1.82, 2.24) is 0 Å². The number of anilines is 1. The minimum atomic E-state index is 0.170. The maximum absolute atomic E-state index is 6.17. The van der Waals surface area contributed by atoms with Crippen LogP contribution < -0.4 is 4.90 Å². The van der Waals surface area contributed by atoms with Crippen molar-refractivity contribution in [2.75, 3.05) is 25.1 Å². The van der Waals surface area contributed by atoms with E-state index in [0.29, 0.717) is 0 Å². The van der Waals surface area contributed by atoms with Gasteiger partial charge in [-0.1, -0.05) is 42.5 Å². The smallest absolute Gasteiger partial charge is 0.0866 e. The van der Waals surface area contributed by atoms with E-state index >= 15 is 0 Å². The van der Waals surface area contributed by atoms with Crippen molar-refractivity contribution < 1.29 is 4.74 Å². The van der Waals surface area contributed by atoms with Crippen molar-refractivity contribution in [3.05, 3.63) is 65.2 Å². The lowest BCUT2D eigenvalue weighted by Crippen LogP contribution is -2.28. The van der Waals surface area contributed by atoms with E-state index in [9.17, 15) is 0 Å². The maximum Gasteiger partial charge on any atom is 0.0866 e. The molecule has 1 aliphatic heterocycles. The van der Waals surface area contributed by atoms with Gasteiger partial charge in [0.1, 0.15) is 0 Å². The van der Waals surface area contributed by atoms with Crippen LogP contribution in [-0.2, 0) is 11.2 Å². The second kappa shape index (κ2) is 5.77. The topological polar surface area (TPSA) is 12.5 Å². The highest BCUT2D eigenvalue weighted by molar-refractivity contribution is 5.56. The molecule has 22 heavy (non-hydrogen) atoms. The number of ether oxygens (including phenoxy) is 1. The first-order chi connectivity index (χ1) is 10.8. The summed E-state index contributed by atoms with van der Waals surface area (Å²) in [6, 6.07) is 17.7. The summed E-state index contributed by atoms with van der Waals surface area (Å²) >= 11 is 0. The Morgan fingerprint density at radius 3 is 2.59 bits per heavy atom. The van der Waals surface area contributed by atoms with Crippen molar-refractivity contribution in [2.24, 2.45) is 0 Å². The Morgan fingerprint density at radius 1 is 1.00 bits per heavy atom. The van der Waals surface area contributed by atoms with Crippen molar-refractivity contribution in [1.29, 1.82) is 0 Å². The number of benzene rings is 2. The van der Waals surface area contributed by atoms with Gasteiger partial charge in [0.2, 0.25) is 0 Å². The van der Waals surface area contributed by atoms with E-state index in [-0.39, 0.29) is 6.10 Å². The zero-order valence-electron chi connectivity index (χ0n) is 13.2. The van der Waals surface area contributed by atoms with Gasteiger partial charge in [-0.15, -0.1) is 0 Å². The average molecular weight is 293 g/mol. The molecule has 0 radical (unpaired) electrons. The number of hydrogen-bond donors (Lipinski definition) is 0. The lowest BCUT2D eigenvalue weighted by molar-refractivity contribution is 0.0560. The second-order valence-electron chi connectivity index (χ2n) is 6.56. The van der Waals surface area contributed by atoms with Crippen molar-refractivity contribution in [2.45, 2.75) is 31.3 Å². The van der Waals surface area contributed by atoms with Gasteiger partial charge in [-0.3, -0.25) is 0 Å². The van der Waals surface area contributed by atoms with E-state index in [4.69, 9.17) is 4.74 Å². The molecule has 0 saturated heterocycles. The molecule has 1 saturated carbocycles. The molecule has 2 aromatic rings. The molecule has 2 nitrogen and oxygen atoms in total. The molecular weight excluding hydrogens is 270 g/mol. The Hall–Kier alpha value is -1.80. The Balaban J connectivity index is 1.69. The summed E-state index contributed by atoms with van der Waals surface area (Å²) < 4.78 is 6.17. The van der Waals surface area contributed by atoms with Crippen LogP contribution in [0.25, 0.3) is 0 Å². The highest BCUT2D eigenvalue weighted by Crippen LogP contribution is 2.42. The van der Waals surface area contributed by atoms with Gasteiger partial charge in [-0.2, -0.15) is 0 Å². The fraction of sp³-hybridized carbons (Fsp3) is 0.400. The Labute approximate surface area is 132 Å². The molecule has 1 atom stereocenters. The molecule has 0 N–H and O–H groups in total. The van der Waals surface area contributed by atoms with Crippen LogP contribution in [0.5, 0.6) is 0 Å². The van der Waals surface area contributed by atoms with Gasteiger partial charge in [0.05, 0.1) is 12.7 Å². The van der Waals surface area contributed by atoms with E-state index < -0.39 is 0 Å². The van der Waals surface area contributed by atoms with E-state index in [1.807, 2.05) is 0 Å². The van der Waals surface area contributed by atoms with Gasteiger partial charge in [0, 0.05) is 25.7 Å². The average Bonchev–Trinajstić information content (AvgIpc) is 3.37. The molecule has 0 spiro atoms. The van der Waals surface area contributed by atoms with E-state index in [2.05, 4.69) is 60.5 Å². The largest absolute Gasteiger partial charge is 0.372 e. The van der Waals surface area contributed by atoms with Crippen LogP contribution in [0.15, 0.2) is 48.5 Å². The van der Waals surface area contributed by atoms with Gasteiger partial charge in [-0.25, -0.2) is 0 Å². The molecule has 4 rings (SSSR count). The fourth-order valence-electron chi connectivity index (χ4n) is 3.40. The monoisotopic (exact) mass is 293 g/mol. The van der Waals surface area contributed by atoms with Gasteiger partial charge >= 0.3 is 0 Å². The quantitative estimate of drug-likeness (QED) is 0.818. The Kier molecular flexibility index (Phi) is 3.63. The molecule has 0 unspecified atom stereocenters. The zero-order chi connectivity index (χ0) is 14.9. The molecule has 1 heterocycles. The van der Waals surface area contributed by atoms with Crippen LogP contribution >= 0.6 is 0 Å². The van der Waals surface area contributed by atoms with Crippen LogP contribution in [0.4, 0.5) is 5.69 Å². The molecule has 1 fully saturated rings. The Morgan fingerprint density at radius 2 is 1.82 bits per heavy atom. The SMILES string of the molecule is CN1CCO[C@H](c2ccccc2)Cc2cc(C3CC3)ccc21. The van der Waals surface area contributed by atoms with Crippen molar-refractivity contribution >= 4 is 5.69 Å². The third-order valence-corrected chi connectivity index (χ3v) is 4.89. The Bertz CT molecular complexity index is 648. The number of rotatable bonds is 2. The molecule has 114 valence electrons. The maximum atomic E-state index is 6.17. The summed E-state index contributed by atoms with van der Waals surface area (Å²) in [6.07, 6.45) is 3.84. The standard InChI is InChI=1S/C20H23NO/c1-21-11-12-22-20(16-5-3-2-4-6-16)14-18-13-17(15-7-8-15)9-10-19(18)21/h2-6,9-10,13,15,20H,7-8,11-12,14H2,1H3/t20-/m0/s1. The third-order valence-electron chi connectivity index (χ3n) is 4.89. The van der Waals surface area contributed by atoms with Crippen LogP contribution in [0.2, 0.25) is 0 Å². The van der Waals surface area contributed by atoms with E-state index in [0.717, 1.165) is 25.5 Å². The number of likely N-dealkylation sites (N-methyl/N-ethyl adjacent to an activating group) is 1. The van der Waals surface area contributed by atoms with Gasteiger partial charge in [0.25, 0.3) is 0 Å². The van der Waals surface area contributed by atoms with Crippen LogP contribution in [0.1, 0.15) is 41.6 Å². The van der Waals surface area contributed by atoms with E-state index in [1.165, 1.54) is 35.2 Å².